The molecule has 0 bridgehead atoms. The maximum atomic E-state index is 12.6. The van der Waals surface area contributed by atoms with Gasteiger partial charge in [-0.05, 0) is 18.4 Å². The summed E-state index contributed by atoms with van der Waals surface area (Å²) in [6.07, 6.45) is 0. The van der Waals surface area contributed by atoms with Crippen LogP contribution in [0, 0.1) is 18.8 Å². The molecule has 1 amide bonds. The molecule has 23 heavy (non-hydrogen) atoms. The molecule has 0 unspecified atom stereocenters. The highest BCUT2D eigenvalue weighted by Gasteiger charge is 2.35. The average Bonchev–Trinajstić information content (AvgIpc) is 3.05. The third kappa shape index (κ3) is 3.42. The van der Waals surface area contributed by atoms with Crippen molar-refractivity contribution in [1.82, 2.24) is 19.7 Å². The second-order valence-corrected chi connectivity index (χ2v) is 6.38. The Labute approximate surface area is 136 Å². The third-order valence-electron chi connectivity index (χ3n) is 4.60. The molecule has 2 heterocycles. The Morgan fingerprint density at radius 2 is 2.00 bits per heavy atom. The average molecular weight is 313 g/mol. The van der Waals surface area contributed by atoms with Crippen molar-refractivity contribution in [2.24, 2.45) is 18.9 Å². The van der Waals surface area contributed by atoms with Gasteiger partial charge in [0.15, 0.2) is 0 Å². The molecule has 3 rings (SSSR count). The van der Waals surface area contributed by atoms with Crippen LogP contribution in [-0.4, -0.2) is 38.7 Å². The number of nitrogens with one attached hydrogen (secondary N) is 1. The monoisotopic (exact) mass is 313 g/mol. The third-order valence-corrected chi connectivity index (χ3v) is 4.60. The number of benzene rings is 1. The molecule has 0 radical (unpaired) electrons. The van der Waals surface area contributed by atoms with Gasteiger partial charge >= 0.3 is 0 Å². The van der Waals surface area contributed by atoms with E-state index in [4.69, 9.17) is 0 Å². The van der Waals surface area contributed by atoms with Gasteiger partial charge in [0.1, 0.15) is 5.82 Å². The van der Waals surface area contributed by atoms with Crippen molar-refractivity contribution in [2.75, 3.05) is 18.4 Å². The zero-order valence-electron chi connectivity index (χ0n) is 13.9. The molecule has 1 N–H and O–H groups in total. The Bertz CT molecular complexity index is 682. The van der Waals surface area contributed by atoms with Gasteiger partial charge in [0.2, 0.25) is 11.9 Å². The summed E-state index contributed by atoms with van der Waals surface area (Å²) in [6, 6.07) is 10.4. The van der Waals surface area contributed by atoms with Crippen molar-refractivity contribution in [1.29, 1.82) is 0 Å². The lowest BCUT2D eigenvalue weighted by Gasteiger charge is -2.15. The Hall–Kier alpha value is -2.21. The van der Waals surface area contributed by atoms with E-state index in [1.807, 2.05) is 20.0 Å². The number of carbonyl (C=O) groups excluding carboxylic acids is 1. The number of anilines is 1. The van der Waals surface area contributed by atoms with Crippen molar-refractivity contribution in [2.45, 2.75) is 20.4 Å². The Balaban J connectivity index is 1.62. The second-order valence-electron chi connectivity index (χ2n) is 6.38. The summed E-state index contributed by atoms with van der Waals surface area (Å²) in [7, 11) is 1.85. The molecule has 0 spiro atoms. The number of aryl methyl sites for hydroxylation is 1. The lowest BCUT2D eigenvalue weighted by Crippen LogP contribution is -2.29. The minimum atomic E-state index is -0.0179. The molecule has 1 aromatic carbocycles. The van der Waals surface area contributed by atoms with Gasteiger partial charge < -0.3 is 4.57 Å². The van der Waals surface area contributed by atoms with Gasteiger partial charge in [-0.2, -0.15) is 0 Å². The van der Waals surface area contributed by atoms with E-state index in [2.05, 4.69) is 51.6 Å². The SMILES string of the molecule is Cc1nnc(NC(=O)[C@@H]2CN(Cc3ccccc3)C[C@H]2C)n1C. The predicted octanol–water partition coefficient (Wildman–Crippen LogP) is 1.83. The van der Waals surface area contributed by atoms with Crippen molar-refractivity contribution >= 4 is 11.9 Å². The van der Waals surface area contributed by atoms with E-state index < -0.39 is 0 Å². The zero-order valence-corrected chi connectivity index (χ0v) is 13.9. The molecule has 1 fully saturated rings. The minimum Gasteiger partial charge on any atom is -0.300 e. The Kier molecular flexibility index (Phi) is 4.43. The number of likely N-dealkylation sites (tertiary alicyclic amines) is 1. The number of nitrogens with zero attached hydrogens (tertiary/aromatic N) is 4. The summed E-state index contributed by atoms with van der Waals surface area (Å²) in [5.74, 6) is 1.64. The number of rotatable bonds is 4. The number of carbonyl (C=O) groups is 1. The van der Waals surface area contributed by atoms with Crippen LogP contribution in [0.2, 0.25) is 0 Å². The predicted molar refractivity (Wildman–Crippen MR) is 88.7 cm³/mol. The van der Waals surface area contributed by atoms with Crippen LogP contribution in [0.3, 0.4) is 0 Å². The summed E-state index contributed by atoms with van der Waals surface area (Å²) < 4.78 is 1.79. The van der Waals surface area contributed by atoms with E-state index in [1.54, 1.807) is 4.57 Å². The zero-order chi connectivity index (χ0) is 16.4. The number of aromatic nitrogens is 3. The summed E-state index contributed by atoms with van der Waals surface area (Å²) in [4.78, 5) is 14.9. The van der Waals surface area contributed by atoms with Crippen LogP contribution in [0.15, 0.2) is 30.3 Å². The molecule has 6 heteroatoms. The number of hydrogen-bond acceptors (Lipinski definition) is 4. The topological polar surface area (TPSA) is 63.1 Å². The van der Waals surface area contributed by atoms with Crippen LogP contribution in [0.4, 0.5) is 5.95 Å². The standard InChI is InChI=1S/C17H23N5O/c1-12-9-22(10-14-7-5-4-6-8-14)11-15(12)16(23)18-17-20-19-13(2)21(17)3/h4-8,12,15H,9-11H2,1-3H3,(H,18,20,23)/t12-,15-/m1/s1. The first-order chi connectivity index (χ1) is 11.0. The molecule has 122 valence electrons. The van der Waals surface area contributed by atoms with E-state index in [9.17, 15) is 4.79 Å². The van der Waals surface area contributed by atoms with Gasteiger partial charge in [-0.15, -0.1) is 10.2 Å². The van der Waals surface area contributed by atoms with Gasteiger partial charge in [-0.25, -0.2) is 0 Å². The summed E-state index contributed by atoms with van der Waals surface area (Å²) >= 11 is 0. The fourth-order valence-corrected chi connectivity index (χ4v) is 3.10. The van der Waals surface area contributed by atoms with Gasteiger partial charge in [-0.1, -0.05) is 37.3 Å². The van der Waals surface area contributed by atoms with Crippen molar-refractivity contribution in [3.05, 3.63) is 41.7 Å². The maximum absolute atomic E-state index is 12.6. The largest absolute Gasteiger partial charge is 0.300 e. The van der Waals surface area contributed by atoms with Gasteiger partial charge in [0.05, 0.1) is 5.92 Å². The first-order valence-electron chi connectivity index (χ1n) is 7.97. The van der Waals surface area contributed by atoms with Crippen LogP contribution >= 0.6 is 0 Å². The van der Waals surface area contributed by atoms with E-state index in [0.717, 1.165) is 25.5 Å². The minimum absolute atomic E-state index is 0.0179. The lowest BCUT2D eigenvalue weighted by atomic mass is 9.97. The summed E-state index contributed by atoms with van der Waals surface area (Å²) in [5, 5.41) is 10.9. The summed E-state index contributed by atoms with van der Waals surface area (Å²) in [5.41, 5.74) is 1.28. The maximum Gasteiger partial charge on any atom is 0.231 e. The molecule has 1 aliphatic heterocycles. The lowest BCUT2D eigenvalue weighted by molar-refractivity contribution is -0.120. The molecule has 0 saturated carbocycles. The molecule has 2 aromatic rings. The van der Waals surface area contributed by atoms with E-state index in [1.165, 1.54) is 5.56 Å². The first kappa shape index (κ1) is 15.7. The fraction of sp³-hybridized carbons (Fsp3) is 0.471. The van der Waals surface area contributed by atoms with Gasteiger partial charge in [-0.3, -0.25) is 15.0 Å². The molecule has 1 aliphatic rings. The molecule has 6 nitrogen and oxygen atoms in total. The second kappa shape index (κ2) is 6.50. The Morgan fingerprint density at radius 1 is 1.26 bits per heavy atom. The van der Waals surface area contributed by atoms with E-state index in [0.29, 0.717) is 11.9 Å². The number of hydrogen-bond donors (Lipinski definition) is 1. The van der Waals surface area contributed by atoms with E-state index >= 15 is 0 Å². The molecular formula is C17H23N5O. The molecule has 1 saturated heterocycles. The van der Waals surface area contributed by atoms with Crippen molar-refractivity contribution in [3.63, 3.8) is 0 Å². The van der Waals surface area contributed by atoms with Crippen molar-refractivity contribution < 1.29 is 4.79 Å². The fourth-order valence-electron chi connectivity index (χ4n) is 3.10. The van der Waals surface area contributed by atoms with E-state index in [-0.39, 0.29) is 11.8 Å². The van der Waals surface area contributed by atoms with Crippen LogP contribution in [0.1, 0.15) is 18.3 Å². The van der Waals surface area contributed by atoms with Crippen LogP contribution in [-0.2, 0) is 18.4 Å². The quantitative estimate of drug-likeness (QED) is 0.935. The molecular weight excluding hydrogens is 290 g/mol. The van der Waals surface area contributed by atoms with Crippen LogP contribution in [0.5, 0.6) is 0 Å². The highest BCUT2D eigenvalue weighted by atomic mass is 16.2. The van der Waals surface area contributed by atoms with Crippen molar-refractivity contribution in [3.8, 4) is 0 Å². The smallest absolute Gasteiger partial charge is 0.231 e. The number of amides is 1. The highest BCUT2D eigenvalue weighted by Crippen LogP contribution is 2.25. The molecule has 0 aliphatic carbocycles. The van der Waals surface area contributed by atoms with Crippen LogP contribution < -0.4 is 5.32 Å². The summed E-state index contributed by atoms with van der Waals surface area (Å²) in [6.45, 7) is 6.60. The normalized spacial score (nSPS) is 21.5. The van der Waals surface area contributed by atoms with Gasteiger partial charge in [0, 0.05) is 26.7 Å². The van der Waals surface area contributed by atoms with Crippen LogP contribution in [0.25, 0.3) is 0 Å². The highest BCUT2D eigenvalue weighted by molar-refractivity contribution is 5.91. The molecule has 1 aromatic heterocycles. The Morgan fingerprint density at radius 3 is 2.65 bits per heavy atom. The van der Waals surface area contributed by atoms with Gasteiger partial charge in [0.25, 0.3) is 0 Å². The molecule has 2 atom stereocenters. The first-order valence-corrected chi connectivity index (χ1v) is 7.97.